The van der Waals surface area contributed by atoms with E-state index in [1.165, 1.54) is 18.5 Å². The van der Waals surface area contributed by atoms with Crippen LogP contribution in [0.4, 0.5) is 0 Å². The maximum absolute atomic E-state index is 2.45. The highest BCUT2D eigenvalue weighted by atomic mass is 28.3. The van der Waals surface area contributed by atoms with E-state index < -0.39 is 0 Å². The van der Waals surface area contributed by atoms with Crippen molar-refractivity contribution in [3.8, 4) is 0 Å². The first-order chi connectivity index (χ1) is 3.39. The van der Waals surface area contributed by atoms with Gasteiger partial charge in [-0.3, -0.25) is 0 Å². The monoisotopic (exact) mass is 112 g/mol. The Hall–Kier alpha value is -0.0431. The zero-order valence-corrected chi connectivity index (χ0v) is 6.01. The SMILES string of the molecule is C[SiH]1CC=CCC1. The van der Waals surface area contributed by atoms with E-state index in [-0.39, 0.29) is 8.80 Å². The Morgan fingerprint density at radius 1 is 1.43 bits per heavy atom. The van der Waals surface area contributed by atoms with Crippen molar-refractivity contribution in [1.29, 1.82) is 0 Å². The molecule has 0 aliphatic carbocycles. The Labute approximate surface area is 46.8 Å². The second-order valence-corrected chi connectivity index (χ2v) is 5.65. The lowest BCUT2D eigenvalue weighted by atomic mass is 10.4. The molecule has 1 aliphatic rings. The molecular formula is C6H12Si. The molecule has 0 aromatic rings. The molecule has 0 saturated carbocycles. The summed E-state index contributed by atoms with van der Waals surface area (Å²) in [5.74, 6) is 0. The van der Waals surface area contributed by atoms with Crippen LogP contribution in [0, 0.1) is 0 Å². The van der Waals surface area contributed by atoms with Crippen LogP contribution in [0.5, 0.6) is 0 Å². The van der Waals surface area contributed by atoms with Gasteiger partial charge in [0.15, 0.2) is 0 Å². The normalized spacial score (nSPS) is 30.7. The highest BCUT2D eigenvalue weighted by molar-refractivity contribution is 6.58. The van der Waals surface area contributed by atoms with Crippen LogP contribution in [-0.4, -0.2) is 8.80 Å². The number of hydrogen-bond acceptors (Lipinski definition) is 0. The predicted molar refractivity (Wildman–Crippen MR) is 36.4 cm³/mol. The van der Waals surface area contributed by atoms with Crippen molar-refractivity contribution >= 4 is 8.80 Å². The molecule has 0 saturated heterocycles. The summed E-state index contributed by atoms with van der Waals surface area (Å²) in [6.07, 6.45) is 6.03. The van der Waals surface area contributed by atoms with Crippen LogP contribution >= 0.6 is 0 Å². The molecule has 0 fully saturated rings. The first kappa shape index (κ1) is 5.10. The lowest BCUT2D eigenvalue weighted by Crippen LogP contribution is -2.05. The van der Waals surface area contributed by atoms with Crippen LogP contribution in [0.2, 0.25) is 18.6 Å². The van der Waals surface area contributed by atoms with Crippen LogP contribution < -0.4 is 0 Å². The van der Waals surface area contributed by atoms with E-state index >= 15 is 0 Å². The highest BCUT2D eigenvalue weighted by Gasteiger charge is 2.02. The largest absolute Gasteiger partial charge is 0.0915 e. The fourth-order valence-electron chi connectivity index (χ4n) is 0.945. The van der Waals surface area contributed by atoms with Gasteiger partial charge in [-0.15, -0.1) is 0 Å². The zero-order chi connectivity index (χ0) is 5.11. The van der Waals surface area contributed by atoms with Crippen molar-refractivity contribution in [1.82, 2.24) is 0 Å². The van der Waals surface area contributed by atoms with Crippen molar-refractivity contribution in [2.45, 2.75) is 25.1 Å². The van der Waals surface area contributed by atoms with Gasteiger partial charge >= 0.3 is 0 Å². The summed E-state index contributed by atoms with van der Waals surface area (Å²) < 4.78 is 0. The van der Waals surface area contributed by atoms with Gasteiger partial charge in [0.05, 0.1) is 0 Å². The highest BCUT2D eigenvalue weighted by Crippen LogP contribution is 2.10. The molecule has 0 radical (unpaired) electrons. The molecule has 1 unspecified atom stereocenters. The standard InChI is InChI=1S/C6H12Si/c1-7-5-3-2-4-6-7/h2-3,7H,4-6H2,1H3. The molecule has 40 valence electrons. The molecule has 0 spiro atoms. The van der Waals surface area contributed by atoms with Gasteiger partial charge in [0.1, 0.15) is 0 Å². The third-order valence-corrected chi connectivity index (χ3v) is 3.93. The molecule has 1 heteroatoms. The van der Waals surface area contributed by atoms with Crippen molar-refractivity contribution in [3.05, 3.63) is 12.2 Å². The van der Waals surface area contributed by atoms with Gasteiger partial charge in [-0.2, -0.15) is 0 Å². The molecule has 1 rings (SSSR count). The molecule has 0 N–H and O–H groups in total. The summed E-state index contributed by atoms with van der Waals surface area (Å²) in [6, 6.07) is 2.98. The van der Waals surface area contributed by atoms with Crippen LogP contribution in [0.3, 0.4) is 0 Å². The van der Waals surface area contributed by atoms with E-state index in [9.17, 15) is 0 Å². The van der Waals surface area contributed by atoms with Crippen LogP contribution in [-0.2, 0) is 0 Å². The van der Waals surface area contributed by atoms with E-state index in [1.807, 2.05) is 0 Å². The maximum atomic E-state index is 2.45. The topological polar surface area (TPSA) is 0 Å². The zero-order valence-electron chi connectivity index (χ0n) is 4.85. The van der Waals surface area contributed by atoms with Crippen molar-refractivity contribution < 1.29 is 0 Å². The molecule has 7 heavy (non-hydrogen) atoms. The quantitative estimate of drug-likeness (QED) is 0.331. The summed E-state index contributed by atoms with van der Waals surface area (Å²) in [4.78, 5) is 0. The minimum absolute atomic E-state index is 0.181. The average Bonchev–Trinajstić information content (AvgIpc) is 1.69. The van der Waals surface area contributed by atoms with Crippen molar-refractivity contribution in [2.75, 3.05) is 0 Å². The first-order valence-corrected chi connectivity index (χ1v) is 5.83. The van der Waals surface area contributed by atoms with E-state index in [0.29, 0.717) is 0 Å². The number of hydrogen-bond donors (Lipinski definition) is 0. The van der Waals surface area contributed by atoms with Gasteiger partial charge in [-0.25, -0.2) is 0 Å². The number of rotatable bonds is 0. The van der Waals surface area contributed by atoms with Crippen LogP contribution in [0.1, 0.15) is 6.42 Å². The minimum atomic E-state index is -0.181. The molecule has 0 amide bonds. The van der Waals surface area contributed by atoms with Crippen molar-refractivity contribution in [2.24, 2.45) is 0 Å². The fourth-order valence-corrected chi connectivity index (χ4v) is 2.60. The van der Waals surface area contributed by atoms with Gasteiger partial charge in [0, 0.05) is 8.80 Å². The van der Waals surface area contributed by atoms with Gasteiger partial charge < -0.3 is 0 Å². The van der Waals surface area contributed by atoms with Gasteiger partial charge in [-0.05, 0) is 12.5 Å². The molecule has 1 aliphatic heterocycles. The average molecular weight is 112 g/mol. The predicted octanol–water partition coefficient (Wildman–Crippen LogP) is 1.80. The summed E-state index contributed by atoms with van der Waals surface area (Å²) in [6.45, 7) is 2.45. The Balaban J connectivity index is 2.32. The number of allylic oxidation sites excluding steroid dienone is 2. The van der Waals surface area contributed by atoms with E-state index in [2.05, 4.69) is 18.7 Å². The summed E-state index contributed by atoms with van der Waals surface area (Å²) in [5.41, 5.74) is 0. The Morgan fingerprint density at radius 2 is 2.29 bits per heavy atom. The molecule has 1 heterocycles. The summed E-state index contributed by atoms with van der Waals surface area (Å²) >= 11 is 0. The van der Waals surface area contributed by atoms with Crippen molar-refractivity contribution in [3.63, 3.8) is 0 Å². The van der Waals surface area contributed by atoms with E-state index in [4.69, 9.17) is 0 Å². The second kappa shape index (κ2) is 2.31. The third kappa shape index (κ3) is 1.47. The van der Waals surface area contributed by atoms with E-state index in [1.54, 1.807) is 0 Å². The van der Waals surface area contributed by atoms with Gasteiger partial charge in [0.2, 0.25) is 0 Å². The second-order valence-electron chi connectivity index (χ2n) is 2.39. The lowest BCUT2D eigenvalue weighted by Gasteiger charge is -2.07. The lowest BCUT2D eigenvalue weighted by molar-refractivity contribution is 1.14. The van der Waals surface area contributed by atoms with Crippen LogP contribution in [0.15, 0.2) is 12.2 Å². The smallest absolute Gasteiger partial charge is 0.0378 e. The third-order valence-electron chi connectivity index (χ3n) is 1.53. The van der Waals surface area contributed by atoms with Gasteiger partial charge in [0.25, 0.3) is 0 Å². The molecule has 0 nitrogen and oxygen atoms in total. The molecule has 1 atom stereocenters. The first-order valence-electron chi connectivity index (χ1n) is 3.04. The minimum Gasteiger partial charge on any atom is -0.0915 e. The van der Waals surface area contributed by atoms with Crippen LogP contribution in [0.25, 0.3) is 0 Å². The van der Waals surface area contributed by atoms with Gasteiger partial charge in [-0.1, -0.05) is 24.7 Å². The summed E-state index contributed by atoms with van der Waals surface area (Å²) in [5, 5.41) is 0. The fraction of sp³-hybridized carbons (Fsp3) is 0.667. The summed E-state index contributed by atoms with van der Waals surface area (Å²) in [7, 11) is -0.181. The molecule has 0 bridgehead atoms. The molecule has 0 aromatic heterocycles. The van der Waals surface area contributed by atoms with E-state index in [0.717, 1.165) is 0 Å². The Morgan fingerprint density at radius 3 is 2.57 bits per heavy atom. The Bertz CT molecular complexity index is 76.2. The Kier molecular flexibility index (Phi) is 1.68. The molecular weight excluding hydrogens is 100 g/mol. The maximum Gasteiger partial charge on any atom is 0.0378 e. The molecule has 0 aromatic carbocycles.